The number of anilines is 1. The van der Waals surface area contributed by atoms with E-state index >= 15 is 0 Å². The molecule has 2 aliphatic rings. The minimum Gasteiger partial charge on any atom is -0.309 e. The molecule has 3 heterocycles. The van der Waals surface area contributed by atoms with Crippen LogP contribution >= 0.6 is 0 Å². The van der Waals surface area contributed by atoms with Gasteiger partial charge in [0.05, 0.1) is 6.04 Å². The molecule has 0 unspecified atom stereocenters. The summed E-state index contributed by atoms with van der Waals surface area (Å²) in [5.74, 6) is 0.925. The minimum atomic E-state index is 0.106. The normalized spacial score (nSPS) is 28.0. The fourth-order valence-electron chi connectivity index (χ4n) is 3.62. The van der Waals surface area contributed by atoms with Crippen molar-refractivity contribution in [3.63, 3.8) is 0 Å². The van der Waals surface area contributed by atoms with Gasteiger partial charge in [0, 0.05) is 24.2 Å². The Bertz CT molecular complexity index is 535. The van der Waals surface area contributed by atoms with Crippen LogP contribution in [0.3, 0.4) is 0 Å². The third-order valence-corrected chi connectivity index (χ3v) is 5.50. The molecule has 3 rings (SSSR count). The summed E-state index contributed by atoms with van der Waals surface area (Å²) in [7, 11) is 4.29. The molecule has 128 valence electrons. The zero-order valence-corrected chi connectivity index (χ0v) is 14.5. The monoisotopic (exact) mass is 319 g/mol. The van der Waals surface area contributed by atoms with E-state index < -0.39 is 0 Å². The van der Waals surface area contributed by atoms with Crippen molar-refractivity contribution in [3.05, 3.63) is 12.3 Å². The molecule has 1 aromatic heterocycles. The molecule has 0 aliphatic carbocycles. The van der Waals surface area contributed by atoms with E-state index in [1.54, 1.807) is 0 Å². The Morgan fingerprint density at radius 2 is 1.96 bits per heavy atom. The van der Waals surface area contributed by atoms with Crippen LogP contribution in [-0.2, 0) is 4.79 Å². The predicted molar refractivity (Wildman–Crippen MR) is 91.4 cm³/mol. The lowest BCUT2D eigenvalue weighted by Crippen LogP contribution is -2.41. The Hall–Kier alpha value is -1.40. The Balaban J connectivity index is 1.55. The first-order valence-electron chi connectivity index (χ1n) is 8.77. The van der Waals surface area contributed by atoms with Crippen molar-refractivity contribution >= 4 is 11.7 Å². The number of likely N-dealkylation sites (tertiary alicyclic amines) is 2. The first kappa shape index (κ1) is 16.5. The van der Waals surface area contributed by atoms with E-state index in [-0.39, 0.29) is 11.8 Å². The molecule has 0 radical (unpaired) electrons. The van der Waals surface area contributed by atoms with Gasteiger partial charge in [-0.3, -0.25) is 9.48 Å². The Morgan fingerprint density at radius 3 is 2.65 bits per heavy atom. The molecule has 1 amide bonds. The second kappa shape index (κ2) is 7.01. The van der Waals surface area contributed by atoms with E-state index in [1.165, 1.54) is 0 Å². The second-order valence-corrected chi connectivity index (χ2v) is 7.26. The maximum absolute atomic E-state index is 12.5. The Kier molecular flexibility index (Phi) is 5.02. The van der Waals surface area contributed by atoms with Crippen molar-refractivity contribution in [3.8, 4) is 0 Å². The number of rotatable bonds is 3. The third kappa shape index (κ3) is 3.93. The molecule has 2 aliphatic heterocycles. The van der Waals surface area contributed by atoms with E-state index in [2.05, 4.69) is 41.2 Å². The summed E-state index contributed by atoms with van der Waals surface area (Å²) in [6, 6.07) is 2.85. The first-order chi connectivity index (χ1) is 11.0. The molecular formula is C17H29N5O. The highest BCUT2D eigenvalue weighted by molar-refractivity contribution is 5.91. The Morgan fingerprint density at radius 1 is 1.22 bits per heavy atom. The van der Waals surface area contributed by atoms with Crippen LogP contribution in [0.25, 0.3) is 0 Å². The van der Waals surface area contributed by atoms with Crippen LogP contribution in [-0.4, -0.2) is 65.3 Å². The Labute approximate surface area is 138 Å². The molecule has 23 heavy (non-hydrogen) atoms. The van der Waals surface area contributed by atoms with Gasteiger partial charge in [0.1, 0.15) is 0 Å². The van der Waals surface area contributed by atoms with Gasteiger partial charge in [-0.2, -0.15) is 5.10 Å². The molecule has 6 heteroatoms. The SMILES string of the molecule is C[C@H]1C[C@@H](C(=O)Nc2ccn(C3CCN(C)CC3)n2)CCN1C. The lowest BCUT2D eigenvalue weighted by Gasteiger charge is -2.34. The standard InChI is InChI=1S/C17H29N5O/c1-13-12-14(4-10-21(13)3)17(23)18-16-7-11-22(19-16)15-5-8-20(2)9-6-15/h7,11,13-15H,4-6,8-10,12H2,1-3H3,(H,18,19,23)/t13-,14-/m0/s1. The first-order valence-corrected chi connectivity index (χ1v) is 8.77. The van der Waals surface area contributed by atoms with Crippen molar-refractivity contribution in [1.82, 2.24) is 19.6 Å². The largest absolute Gasteiger partial charge is 0.309 e. The van der Waals surface area contributed by atoms with Crippen LogP contribution in [0.5, 0.6) is 0 Å². The van der Waals surface area contributed by atoms with E-state index in [0.29, 0.717) is 17.9 Å². The van der Waals surface area contributed by atoms with Gasteiger partial charge in [-0.15, -0.1) is 0 Å². The highest BCUT2D eigenvalue weighted by atomic mass is 16.2. The fraction of sp³-hybridized carbons (Fsp3) is 0.765. The third-order valence-electron chi connectivity index (χ3n) is 5.50. The average molecular weight is 319 g/mol. The van der Waals surface area contributed by atoms with Gasteiger partial charge >= 0.3 is 0 Å². The van der Waals surface area contributed by atoms with Crippen molar-refractivity contribution in [1.29, 1.82) is 0 Å². The molecular weight excluding hydrogens is 290 g/mol. The van der Waals surface area contributed by atoms with Crippen LogP contribution < -0.4 is 5.32 Å². The average Bonchev–Trinajstić information content (AvgIpc) is 2.99. The summed E-state index contributed by atoms with van der Waals surface area (Å²) in [4.78, 5) is 17.1. The second-order valence-electron chi connectivity index (χ2n) is 7.26. The summed E-state index contributed by atoms with van der Waals surface area (Å²) >= 11 is 0. The molecule has 2 atom stereocenters. The predicted octanol–water partition coefficient (Wildman–Crippen LogP) is 1.82. The molecule has 0 saturated carbocycles. The molecule has 2 fully saturated rings. The van der Waals surface area contributed by atoms with Crippen molar-refractivity contribution in [2.75, 3.05) is 39.0 Å². The summed E-state index contributed by atoms with van der Waals surface area (Å²) < 4.78 is 2.03. The zero-order chi connectivity index (χ0) is 16.4. The van der Waals surface area contributed by atoms with Crippen LogP contribution in [0, 0.1) is 5.92 Å². The summed E-state index contributed by atoms with van der Waals surface area (Å²) in [5.41, 5.74) is 0. The maximum Gasteiger partial charge on any atom is 0.228 e. The number of nitrogens with zero attached hydrogens (tertiary/aromatic N) is 4. The molecule has 1 N–H and O–H groups in total. The number of hydrogen-bond donors (Lipinski definition) is 1. The highest BCUT2D eigenvalue weighted by Crippen LogP contribution is 2.24. The molecule has 1 aromatic rings. The molecule has 0 spiro atoms. The summed E-state index contributed by atoms with van der Waals surface area (Å²) in [6.45, 7) is 5.40. The lowest BCUT2D eigenvalue weighted by atomic mass is 9.91. The molecule has 0 bridgehead atoms. The van der Waals surface area contributed by atoms with Gasteiger partial charge in [0.15, 0.2) is 5.82 Å². The lowest BCUT2D eigenvalue weighted by molar-refractivity contribution is -0.121. The van der Waals surface area contributed by atoms with Gasteiger partial charge in [0.2, 0.25) is 5.91 Å². The minimum absolute atomic E-state index is 0.106. The van der Waals surface area contributed by atoms with Gasteiger partial charge in [-0.05, 0) is 66.3 Å². The quantitative estimate of drug-likeness (QED) is 0.923. The van der Waals surface area contributed by atoms with Gasteiger partial charge in [-0.25, -0.2) is 0 Å². The van der Waals surface area contributed by atoms with E-state index in [4.69, 9.17) is 0 Å². The van der Waals surface area contributed by atoms with E-state index in [1.807, 2.05) is 16.9 Å². The van der Waals surface area contributed by atoms with Gasteiger partial charge in [-0.1, -0.05) is 0 Å². The molecule has 6 nitrogen and oxygen atoms in total. The van der Waals surface area contributed by atoms with Crippen LogP contribution in [0.2, 0.25) is 0 Å². The topological polar surface area (TPSA) is 53.4 Å². The van der Waals surface area contributed by atoms with E-state index in [0.717, 1.165) is 45.3 Å². The van der Waals surface area contributed by atoms with Crippen molar-refractivity contribution in [2.24, 2.45) is 5.92 Å². The van der Waals surface area contributed by atoms with Gasteiger partial charge < -0.3 is 15.1 Å². The number of carbonyl (C=O) groups is 1. The smallest absolute Gasteiger partial charge is 0.228 e. The van der Waals surface area contributed by atoms with Crippen molar-refractivity contribution in [2.45, 2.75) is 44.7 Å². The number of piperidine rings is 2. The number of nitrogens with one attached hydrogen (secondary N) is 1. The van der Waals surface area contributed by atoms with E-state index in [9.17, 15) is 4.79 Å². The van der Waals surface area contributed by atoms with Crippen LogP contribution in [0.1, 0.15) is 38.6 Å². The fourth-order valence-corrected chi connectivity index (χ4v) is 3.62. The van der Waals surface area contributed by atoms with Crippen molar-refractivity contribution < 1.29 is 4.79 Å². The number of amides is 1. The highest BCUT2D eigenvalue weighted by Gasteiger charge is 2.28. The molecule has 2 saturated heterocycles. The summed E-state index contributed by atoms with van der Waals surface area (Å²) in [6.07, 6.45) is 6.11. The maximum atomic E-state index is 12.5. The number of carbonyl (C=O) groups excluding carboxylic acids is 1. The zero-order valence-electron chi connectivity index (χ0n) is 14.5. The van der Waals surface area contributed by atoms with Crippen LogP contribution in [0.4, 0.5) is 5.82 Å². The van der Waals surface area contributed by atoms with Crippen LogP contribution in [0.15, 0.2) is 12.3 Å². The van der Waals surface area contributed by atoms with Gasteiger partial charge in [0.25, 0.3) is 0 Å². The number of aromatic nitrogens is 2. The molecule has 0 aromatic carbocycles. The number of hydrogen-bond acceptors (Lipinski definition) is 4. The summed E-state index contributed by atoms with van der Waals surface area (Å²) in [5, 5.41) is 7.60.